The standard InChI is InChI=1S/C21H17FN2O3S2/c1-14-5-7-17(8-6-14)23-12-19-20(25)21-18(9-10-28-21)24(29(19,26)27)13-15-3-2-4-16(22)11-15/h2-12,23H,13H2,1H3/b19-12-. The maximum absolute atomic E-state index is 13.6. The Bertz CT molecular complexity index is 1210. The molecule has 0 spiro atoms. The van der Waals surface area contributed by atoms with Gasteiger partial charge in [-0.05, 0) is 48.2 Å². The van der Waals surface area contributed by atoms with E-state index in [4.69, 9.17) is 0 Å². The van der Waals surface area contributed by atoms with E-state index in [0.717, 1.165) is 9.87 Å². The van der Waals surface area contributed by atoms with Crippen LogP contribution in [0.15, 0.2) is 71.1 Å². The molecule has 2 aromatic carbocycles. The summed E-state index contributed by atoms with van der Waals surface area (Å²) < 4.78 is 41.2. The van der Waals surface area contributed by atoms with Crippen molar-refractivity contribution in [3.05, 3.63) is 92.9 Å². The van der Waals surface area contributed by atoms with Crippen LogP contribution in [0.2, 0.25) is 0 Å². The number of carbonyl (C=O) groups excluding carboxylic acids is 1. The fraction of sp³-hybridized carbons (Fsp3) is 0.0952. The number of Topliss-reactive ketones (excluding diaryl/α,β-unsaturated/α-hetero) is 1. The summed E-state index contributed by atoms with van der Waals surface area (Å²) in [6.45, 7) is 1.87. The lowest BCUT2D eigenvalue weighted by molar-refractivity contribution is 0.104. The van der Waals surface area contributed by atoms with Gasteiger partial charge in [0.25, 0.3) is 10.0 Å². The highest BCUT2D eigenvalue weighted by Gasteiger charge is 2.41. The molecule has 1 N–H and O–H groups in total. The molecule has 4 rings (SSSR count). The van der Waals surface area contributed by atoms with Gasteiger partial charge in [0, 0.05) is 11.9 Å². The maximum Gasteiger partial charge on any atom is 0.270 e. The highest BCUT2D eigenvalue weighted by Crippen LogP contribution is 2.39. The summed E-state index contributed by atoms with van der Waals surface area (Å²) in [6, 6.07) is 14.7. The average Bonchev–Trinajstić information content (AvgIpc) is 3.16. The molecule has 148 valence electrons. The summed E-state index contributed by atoms with van der Waals surface area (Å²) in [7, 11) is -4.12. The largest absolute Gasteiger partial charge is 0.360 e. The van der Waals surface area contributed by atoms with Crippen molar-refractivity contribution in [1.82, 2.24) is 0 Å². The molecule has 0 unspecified atom stereocenters. The van der Waals surface area contributed by atoms with E-state index in [1.807, 2.05) is 19.1 Å². The highest BCUT2D eigenvalue weighted by molar-refractivity contribution is 7.97. The first-order chi connectivity index (χ1) is 13.9. The van der Waals surface area contributed by atoms with Gasteiger partial charge in [-0.3, -0.25) is 9.10 Å². The molecule has 0 radical (unpaired) electrons. The number of fused-ring (bicyclic) bond motifs is 1. The first kappa shape index (κ1) is 19.4. The number of sulfonamides is 1. The van der Waals surface area contributed by atoms with Crippen LogP contribution >= 0.6 is 11.3 Å². The van der Waals surface area contributed by atoms with Crippen molar-refractivity contribution >= 4 is 38.5 Å². The summed E-state index contributed by atoms with van der Waals surface area (Å²) in [5.41, 5.74) is 2.54. The Hall–Kier alpha value is -2.97. The number of ketones is 1. The van der Waals surface area contributed by atoms with E-state index >= 15 is 0 Å². The zero-order valence-electron chi connectivity index (χ0n) is 15.4. The molecule has 0 amide bonds. The number of thiophene rings is 1. The van der Waals surface area contributed by atoms with Crippen molar-refractivity contribution in [3.63, 3.8) is 0 Å². The number of benzene rings is 2. The molecular weight excluding hydrogens is 411 g/mol. The molecule has 0 aliphatic carbocycles. The molecule has 1 aliphatic rings. The van der Waals surface area contributed by atoms with E-state index in [-0.39, 0.29) is 11.4 Å². The lowest BCUT2D eigenvalue weighted by Crippen LogP contribution is -2.38. The molecule has 5 nitrogen and oxygen atoms in total. The minimum Gasteiger partial charge on any atom is -0.360 e. The summed E-state index contributed by atoms with van der Waals surface area (Å²) in [6.07, 6.45) is 1.23. The molecule has 0 atom stereocenters. The molecule has 0 fully saturated rings. The second kappa shape index (κ2) is 7.46. The van der Waals surface area contributed by atoms with Crippen molar-refractivity contribution in [2.45, 2.75) is 13.5 Å². The number of aryl methyl sites for hydroxylation is 1. The van der Waals surface area contributed by atoms with Crippen LogP contribution in [0.5, 0.6) is 0 Å². The maximum atomic E-state index is 13.6. The lowest BCUT2D eigenvalue weighted by atomic mass is 10.2. The van der Waals surface area contributed by atoms with Crippen LogP contribution in [0.4, 0.5) is 15.8 Å². The Balaban J connectivity index is 1.74. The minimum atomic E-state index is -4.12. The van der Waals surface area contributed by atoms with E-state index in [9.17, 15) is 17.6 Å². The van der Waals surface area contributed by atoms with Crippen molar-refractivity contribution in [2.24, 2.45) is 0 Å². The molecular formula is C21H17FN2O3S2. The van der Waals surface area contributed by atoms with E-state index in [1.165, 1.54) is 35.7 Å². The number of halogens is 1. The van der Waals surface area contributed by atoms with Crippen LogP contribution in [0, 0.1) is 12.7 Å². The molecule has 8 heteroatoms. The second-order valence-electron chi connectivity index (χ2n) is 6.62. The summed E-state index contributed by atoms with van der Waals surface area (Å²) >= 11 is 1.18. The Morgan fingerprint density at radius 3 is 2.62 bits per heavy atom. The normalized spacial score (nSPS) is 16.7. The predicted molar refractivity (Wildman–Crippen MR) is 113 cm³/mol. The zero-order valence-corrected chi connectivity index (χ0v) is 17.1. The summed E-state index contributed by atoms with van der Waals surface area (Å²) in [5.74, 6) is -1.000. The third-order valence-electron chi connectivity index (χ3n) is 4.55. The summed E-state index contributed by atoms with van der Waals surface area (Å²) in [5, 5.41) is 4.57. The van der Waals surface area contributed by atoms with Gasteiger partial charge in [0.15, 0.2) is 4.91 Å². The van der Waals surface area contributed by atoms with Gasteiger partial charge < -0.3 is 5.32 Å². The Morgan fingerprint density at radius 1 is 1.14 bits per heavy atom. The van der Waals surface area contributed by atoms with Gasteiger partial charge in [-0.25, -0.2) is 12.8 Å². The van der Waals surface area contributed by atoms with E-state index in [1.54, 1.807) is 29.6 Å². The molecule has 29 heavy (non-hydrogen) atoms. The fourth-order valence-corrected chi connectivity index (χ4v) is 5.54. The fourth-order valence-electron chi connectivity index (χ4n) is 3.06. The van der Waals surface area contributed by atoms with Crippen molar-refractivity contribution < 1.29 is 17.6 Å². The third kappa shape index (κ3) is 3.68. The van der Waals surface area contributed by atoms with Crippen LogP contribution in [0.1, 0.15) is 20.8 Å². The molecule has 2 heterocycles. The highest BCUT2D eigenvalue weighted by atomic mass is 32.2. The number of carbonyl (C=O) groups is 1. The van der Waals surface area contributed by atoms with Gasteiger partial charge in [-0.15, -0.1) is 11.3 Å². The van der Waals surface area contributed by atoms with Crippen LogP contribution in [-0.2, 0) is 16.6 Å². The van der Waals surface area contributed by atoms with Gasteiger partial charge in [-0.1, -0.05) is 29.8 Å². The zero-order chi connectivity index (χ0) is 20.6. The van der Waals surface area contributed by atoms with Crippen molar-refractivity contribution in [1.29, 1.82) is 0 Å². The Morgan fingerprint density at radius 2 is 1.90 bits per heavy atom. The first-order valence-corrected chi connectivity index (χ1v) is 11.1. The number of anilines is 2. The number of hydrogen-bond donors (Lipinski definition) is 1. The van der Waals surface area contributed by atoms with Crippen molar-refractivity contribution in [2.75, 3.05) is 9.62 Å². The molecule has 0 bridgehead atoms. The number of rotatable bonds is 4. The first-order valence-electron chi connectivity index (χ1n) is 8.79. The van der Waals surface area contributed by atoms with Gasteiger partial charge in [0.05, 0.1) is 12.2 Å². The van der Waals surface area contributed by atoms with Crippen LogP contribution < -0.4 is 9.62 Å². The summed E-state index contributed by atoms with van der Waals surface area (Å²) in [4.78, 5) is 12.9. The van der Waals surface area contributed by atoms with Crippen LogP contribution in [0.3, 0.4) is 0 Å². The number of nitrogens with zero attached hydrogens (tertiary/aromatic N) is 1. The quantitative estimate of drug-likeness (QED) is 0.613. The predicted octanol–water partition coefficient (Wildman–Crippen LogP) is 4.68. The van der Waals surface area contributed by atoms with E-state index in [0.29, 0.717) is 21.8 Å². The second-order valence-corrected chi connectivity index (χ2v) is 9.37. The number of hydrogen-bond acceptors (Lipinski definition) is 5. The van der Waals surface area contributed by atoms with Crippen molar-refractivity contribution in [3.8, 4) is 0 Å². The SMILES string of the molecule is Cc1ccc(N/C=C2/C(=O)c3sccc3N(Cc3cccc(F)c3)S2(=O)=O)cc1. The molecule has 3 aromatic rings. The third-order valence-corrected chi connectivity index (χ3v) is 7.22. The molecule has 0 saturated carbocycles. The van der Waals surface area contributed by atoms with E-state index in [2.05, 4.69) is 5.32 Å². The number of allylic oxidation sites excluding steroid dienone is 1. The van der Waals surface area contributed by atoms with Gasteiger partial charge in [-0.2, -0.15) is 0 Å². The number of nitrogens with one attached hydrogen (secondary N) is 1. The monoisotopic (exact) mass is 428 g/mol. The Kier molecular flexibility index (Phi) is 4.97. The Labute approximate surface area is 172 Å². The van der Waals surface area contributed by atoms with Gasteiger partial charge in [0.2, 0.25) is 5.78 Å². The smallest absolute Gasteiger partial charge is 0.270 e. The van der Waals surface area contributed by atoms with Gasteiger partial charge >= 0.3 is 0 Å². The molecule has 1 aromatic heterocycles. The van der Waals surface area contributed by atoms with E-state index < -0.39 is 21.6 Å². The van der Waals surface area contributed by atoms with Crippen LogP contribution in [0.25, 0.3) is 0 Å². The van der Waals surface area contributed by atoms with Crippen LogP contribution in [-0.4, -0.2) is 14.2 Å². The minimum absolute atomic E-state index is 0.0705. The molecule has 1 aliphatic heterocycles. The lowest BCUT2D eigenvalue weighted by Gasteiger charge is -2.29. The average molecular weight is 429 g/mol. The van der Waals surface area contributed by atoms with Gasteiger partial charge in [0.1, 0.15) is 10.7 Å². The molecule has 0 saturated heterocycles. The topological polar surface area (TPSA) is 66.5 Å².